The first kappa shape index (κ1) is 14.1. The molecule has 2 rings (SSSR count). The largest absolute Gasteiger partial charge is 0.593 e. The first-order valence-electron chi connectivity index (χ1n) is 5.90. The van der Waals surface area contributed by atoms with Gasteiger partial charge in [0, 0.05) is 0 Å². The van der Waals surface area contributed by atoms with Crippen molar-refractivity contribution in [2.75, 3.05) is 0 Å². The number of rotatable bonds is 3. The van der Waals surface area contributed by atoms with Crippen LogP contribution in [0.4, 0.5) is 13.2 Å². The van der Waals surface area contributed by atoms with E-state index < -0.39 is 6.36 Å². The van der Waals surface area contributed by atoms with Gasteiger partial charge in [-0.25, -0.2) is 0 Å². The average molecular weight is 279 g/mol. The quantitative estimate of drug-likeness (QED) is 0.597. The lowest BCUT2D eigenvalue weighted by molar-refractivity contribution is -0.325. The highest BCUT2D eigenvalue weighted by Gasteiger charge is 2.30. The van der Waals surface area contributed by atoms with E-state index in [4.69, 9.17) is 0 Å². The predicted molar refractivity (Wildman–Crippen MR) is 71.3 cm³/mol. The van der Waals surface area contributed by atoms with Gasteiger partial charge < -0.3 is 0 Å². The van der Waals surface area contributed by atoms with Crippen molar-refractivity contribution in [3.8, 4) is 11.1 Å². The molecule has 0 fully saturated rings. The number of halogens is 3. The van der Waals surface area contributed by atoms with Crippen molar-refractivity contribution in [3.05, 3.63) is 59.7 Å². The SMILES string of the molecule is Cc1ccccc1-c1ccc(C=NOC(F)(F)F)cc1. The van der Waals surface area contributed by atoms with Crippen molar-refractivity contribution in [3.63, 3.8) is 0 Å². The molecular weight excluding hydrogens is 267 g/mol. The summed E-state index contributed by atoms with van der Waals surface area (Å²) in [5.74, 6) is 0. The van der Waals surface area contributed by atoms with Gasteiger partial charge >= 0.3 is 6.36 Å². The van der Waals surface area contributed by atoms with Gasteiger partial charge in [-0.3, -0.25) is 4.84 Å². The van der Waals surface area contributed by atoms with Crippen LogP contribution in [0.3, 0.4) is 0 Å². The van der Waals surface area contributed by atoms with Crippen LogP contribution in [0.25, 0.3) is 11.1 Å². The van der Waals surface area contributed by atoms with Crippen molar-refractivity contribution in [1.82, 2.24) is 0 Å². The number of alkyl halides is 3. The zero-order chi connectivity index (χ0) is 14.6. The van der Waals surface area contributed by atoms with Crippen LogP contribution in [0.5, 0.6) is 0 Å². The van der Waals surface area contributed by atoms with E-state index in [-0.39, 0.29) is 0 Å². The highest BCUT2D eigenvalue weighted by atomic mass is 19.4. The second-order valence-corrected chi connectivity index (χ2v) is 4.21. The van der Waals surface area contributed by atoms with Gasteiger partial charge in [-0.05, 0) is 29.2 Å². The predicted octanol–water partition coefficient (Wildman–Crippen LogP) is 4.53. The van der Waals surface area contributed by atoms with Crippen LogP contribution in [0.1, 0.15) is 11.1 Å². The summed E-state index contributed by atoms with van der Waals surface area (Å²) >= 11 is 0. The number of oxime groups is 1. The molecule has 0 aliphatic carbocycles. The molecule has 0 spiro atoms. The summed E-state index contributed by atoms with van der Waals surface area (Å²) < 4.78 is 35.3. The van der Waals surface area contributed by atoms with Gasteiger partial charge in [0.05, 0.1) is 6.21 Å². The van der Waals surface area contributed by atoms with Gasteiger partial charge in [-0.15, -0.1) is 13.2 Å². The van der Waals surface area contributed by atoms with E-state index in [9.17, 15) is 13.2 Å². The number of hydrogen-bond acceptors (Lipinski definition) is 2. The summed E-state index contributed by atoms with van der Waals surface area (Å²) in [7, 11) is 0. The molecule has 0 heterocycles. The first-order chi connectivity index (χ1) is 9.46. The Kier molecular flexibility index (Phi) is 4.08. The molecule has 0 aliphatic rings. The summed E-state index contributed by atoms with van der Waals surface area (Å²) in [5.41, 5.74) is 3.75. The van der Waals surface area contributed by atoms with Crippen molar-refractivity contribution in [2.45, 2.75) is 13.3 Å². The van der Waals surface area contributed by atoms with E-state index in [1.807, 2.05) is 43.3 Å². The van der Waals surface area contributed by atoms with Gasteiger partial charge in [0.2, 0.25) is 0 Å². The number of hydrogen-bond donors (Lipinski definition) is 0. The lowest BCUT2D eigenvalue weighted by Crippen LogP contribution is -2.08. The van der Waals surface area contributed by atoms with Crippen molar-refractivity contribution in [2.24, 2.45) is 5.16 Å². The van der Waals surface area contributed by atoms with Crippen molar-refractivity contribution in [1.29, 1.82) is 0 Å². The Hall–Kier alpha value is -2.30. The van der Waals surface area contributed by atoms with Crippen molar-refractivity contribution >= 4 is 6.21 Å². The Morgan fingerprint density at radius 1 is 1.00 bits per heavy atom. The molecule has 0 radical (unpaired) electrons. The first-order valence-corrected chi connectivity index (χ1v) is 5.90. The molecule has 0 amide bonds. The van der Waals surface area contributed by atoms with E-state index in [2.05, 4.69) is 9.99 Å². The molecule has 0 bridgehead atoms. The highest BCUT2D eigenvalue weighted by molar-refractivity contribution is 5.80. The summed E-state index contributed by atoms with van der Waals surface area (Å²) in [4.78, 5) is 3.34. The summed E-state index contributed by atoms with van der Waals surface area (Å²) in [5, 5.41) is 2.88. The van der Waals surface area contributed by atoms with Crippen LogP contribution in [0.15, 0.2) is 53.7 Å². The minimum Gasteiger partial charge on any atom is -0.294 e. The molecule has 2 aromatic carbocycles. The topological polar surface area (TPSA) is 21.6 Å². The molecular formula is C15H12F3NO. The van der Waals surface area contributed by atoms with E-state index in [1.54, 1.807) is 12.1 Å². The number of aryl methyl sites for hydroxylation is 1. The second kappa shape index (κ2) is 5.77. The molecule has 0 aromatic heterocycles. The second-order valence-electron chi connectivity index (χ2n) is 4.21. The van der Waals surface area contributed by atoms with Crippen LogP contribution in [-0.4, -0.2) is 12.6 Å². The molecule has 2 nitrogen and oxygen atoms in total. The summed E-state index contributed by atoms with van der Waals surface area (Å²) in [6.45, 7) is 2.00. The standard InChI is InChI=1S/C15H12F3NO/c1-11-4-2-3-5-14(11)13-8-6-12(7-9-13)10-19-20-15(16,17)18/h2-10H,1H3. The van der Waals surface area contributed by atoms with Gasteiger partial charge in [-0.2, -0.15) is 0 Å². The van der Waals surface area contributed by atoms with Crippen LogP contribution in [0, 0.1) is 6.92 Å². The monoisotopic (exact) mass is 279 g/mol. The molecule has 0 saturated carbocycles. The zero-order valence-electron chi connectivity index (χ0n) is 10.7. The fourth-order valence-corrected chi connectivity index (χ4v) is 1.79. The summed E-state index contributed by atoms with van der Waals surface area (Å²) in [6, 6.07) is 14.9. The lowest BCUT2D eigenvalue weighted by Gasteiger charge is -2.05. The highest BCUT2D eigenvalue weighted by Crippen LogP contribution is 2.23. The maximum Gasteiger partial charge on any atom is 0.593 e. The zero-order valence-corrected chi connectivity index (χ0v) is 10.7. The third-order valence-electron chi connectivity index (χ3n) is 2.72. The van der Waals surface area contributed by atoms with Crippen LogP contribution < -0.4 is 0 Å². The Bertz CT molecular complexity index is 603. The minimum atomic E-state index is -4.75. The van der Waals surface area contributed by atoms with Crippen molar-refractivity contribution < 1.29 is 18.0 Å². The Morgan fingerprint density at radius 3 is 2.25 bits per heavy atom. The van der Waals surface area contributed by atoms with Gasteiger partial charge in [0.15, 0.2) is 0 Å². The van der Waals surface area contributed by atoms with Gasteiger partial charge in [-0.1, -0.05) is 53.7 Å². The molecule has 0 unspecified atom stereocenters. The Balaban J connectivity index is 2.13. The normalized spacial score (nSPS) is 11.8. The maximum atomic E-state index is 11.8. The van der Waals surface area contributed by atoms with Crippen LogP contribution >= 0.6 is 0 Å². The fourth-order valence-electron chi connectivity index (χ4n) is 1.79. The van der Waals surface area contributed by atoms with E-state index in [0.717, 1.165) is 22.9 Å². The Morgan fingerprint density at radius 2 is 1.65 bits per heavy atom. The third-order valence-corrected chi connectivity index (χ3v) is 2.72. The molecule has 0 N–H and O–H groups in total. The van der Waals surface area contributed by atoms with E-state index >= 15 is 0 Å². The van der Waals surface area contributed by atoms with Crippen LogP contribution in [-0.2, 0) is 4.84 Å². The molecule has 20 heavy (non-hydrogen) atoms. The van der Waals surface area contributed by atoms with E-state index in [1.165, 1.54) is 0 Å². The molecule has 104 valence electrons. The van der Waals surface area contributed by atoms with Gasteiger partial charge in [0.1, 0.15) is 0 Å². The molecule has 2 aromatic rings. The minimum absolute atomic E-state index is 0.534. The fraction of sp³-hybridized carbons (Fsp3) is 0.133. The number of benzene rings is 2. The molecule has 0 atom stereocenters. The Labute approximate surface area is 114 Å². The molecule has 0 aliphatic heterocycles. The van der Waals surface area contributed by atoms with Gasteiger partial charge in [0.25, 0.3) is 0 Å². The third kappa shape index (κ3) is 3.85. The van der Waals surface area contributed by atoms with E-state index in [0.29, 0.717) is 5.56 Å². The maximum absolute atomic E-state index is 11.8. The molecule has 0 saturated heterocycles. The molecule has 5 heteroatoms. The summed E-state index contributed by atoms with van der Waals surface area (Å²) in [6.07, 6.45) is -3.73. The number of nitrogens with zero attached hydrogens (tertiary/aromatic N) is 1. The average Bonchev–Trinajstić information content (AvgIpc) is 2.39. The lowest BCUT2D eigenvalue weighted by atomic mass is 10.00. The van der Waals surface area contributed by atoms with Crippen LogP contribution in [0.2, 0.25) is 0 Å². The smallest absolute Gasteiger partial charge is 0.294 e.